The van der Waals surface area contributed by atoms with E-state index in [0.29, 0.717) is 5.19 Å². The number of alkyl halides is 3. The molecule has 0 aliphatic rings. The van der Waals surface area contributed by atoms with Crippen LogP contribution in [0.15, 0.2) is 77.7 Å². The zero-order valence-electron chi connectivity index (χ0n) is 19.6. The van der Waals surface area contributed by atoms with Crippen LogP contribution in [-0.4, -0.2) is 26.2 Å². The van der Waals surface area contributed by atoms with Gasteiger partial charge in [-0.3, -0.25) is 4.79 Å². The van der Waals surface area contributed by atoms with Crippen LogP contribution in [0.25, 0.3) is 10.9 Å². The van der Waals surface area contributed by atoms with Gasteiger partial charge in [0.25, 0.3) is 10.0 Å². The molecule has 0 unspecified atom stereocenters. The zero-order chi connectivity index (χ0) is 25.8. The summed E-state index contributed by atoms with van der Waals surface area (Å²) >= 11 is 0. The second-order valence-corrected chi connectivity index (χ2v) is 16.3. The van der Waals surface area contributed by atoms with Gasteiger partial charge in [-0.2, -0.15) is 13.2 Å². The van der Waals surface area contributed by atoms with Gasteiger partial charge in [-0.1, -0.05) is 67.7 Å². The average molecular weight is 516 g/mol. The molecule has 3 aromatic carbocycles. The predicted molar refractivity (Wildman–Crippen MR) is 134 cm³/mol. The normalized spacial score (nSPS) is 12.8. The van der Waals surface area contributed by atoms with Gasteiger partial charge < -0.3 is 0 Å². The van der Waals surface area contributed by atoms with Gasteiger partial charge in [-0.15, -0.1) is 0 Å². The van der Waals surface area contributed by atoms with Gasteiger partial charge in [0.15, 0.2) is 0 Å². The summed E-state index contributed by atoms with van der Waals surface area (Å²) < 4.78 is 69.6. The monoisotopic (exact) mass is 515 g/mol. The number of halogens is 3. The summed E-state index contributed by atoms with van der Waals surface area (Å²) in [5.41, 5.74) is 0.228. The third-order valence-electron chi connectivity index (χ3n) is 5.81. The van der Waals surface area contributed by atoms with Crippen LogP contribution in [0.3, 0.4) is 0 Å². The Bertz CT molecular complexity index is 1530. The Labute approximate surface area is 203 Å². The fourth-order valence-corrected chi connectivity index (χ4v) is 7.76. The highest BCUT2D eigenvalue weighted by Gasteiger charge is 2.38. The molecular weight excluding hydrogens is 491 g/mol. The Morgan fingerprint density at radius 2 is 1.49 bits per heavy atom. The first-order valence-corrected chi connectivity index (χ1v) is 15.8. The molecule has 0 bridgehead atoms. The molecule has 182 valence electrons. The van der Waals surface area contributed by atoms with Crippen LogP contribution >= 0.6 is 0 Å². The van der Waals surface area contributed by atoms with E-state index in [-0.39, 0.29) is 27.1 Å². The van der Waals surface area contributed by atoms with E-state index in [2.05, 4.69) is 0 Å². The van der Waals surface area contributed by atoms with Crippen molar-refractivity contribution in [1.82, 2.24) is 3.97 Å². The summed E-state index contributed by atoms with van der Waals surface area (Å²) in [5, 5.41) is 0.512. The average Bonchev–Trinajstić information content (AvgIpc) is 3.15. The Morgan fingerprint density at radius 3 is 2.03 bits per heavy atom. The van der Waals surface area contributed by atoms with Crippen molar-refractivity contribution in [3.63, 3.8) is 0 Å². The van der Waals surface area contributed by atoms with E-state index in [1.165, 1.54) is 12.1 Å². The smallest absolute Gasteiger partial charge is 0.287 e. The standard InChI is InChI=1S/C26H24F3NO3SSi/c1-17-10-12-18(13-11-17)24(31)23-25(35(2,3)4)21-16-19(26(27,28)29)14-15-22(21)30(23)34(32,33)20-8-6-5-7-9-20/h5-16H,1-4H3. The van der Waals surface area contributed by atoms with Crippen LogP contribution in [-0.2, 0) is 16.2 Å². The third-order valence-corrected chi connectivity index (χ3v) is 9.55. The first kappa shape index (κ1) is 24.9. The van der Waals surface area contributed by atoms with Crippen molar-refractivity contribution < 1.29 is 26.4 Å². The minimum atomic E-state index is -4.62. The molecule has 4 aromatic rings. The van der Waals surface area contributed by atoms with Crippen molar-refractivity contribution >= 4 is 40.0 Å². The van der Waals surface area contributed by atoms with Gasteiger partial charge in [0.05, 0.1) is 24.0 Å². The summed E-state index contributed by atoms with van der Waals surface area (Å²) in [6.45, 7) is 7.51. The van der Waals surface area contributed by atoms with E-state index < -0.39 is 35.6 Å². The fraction of sp³-hybridized carbons (Fsp3) is 0.192. The van der Waals surface area contributed by atoms with Crippen LogP contribution in [0.1, 0.15) is 27.2 Å². The molecule has 1 heterocycles. The topological polar surface area (TPSA) is 56.1 Å². The van der Waals surface area contributed by atoms with Crippen molar-refractivity contribution in [2.75, 3.05) is 0 Å². The Morgan fingerprint density at radius 1 is 0.886 bits per heavy atom. The molecule has 0 amide bonds. The molecule has 0 radical (unpaired) electrons. The van der Waals surface area contributed by atoms with E-state index >= 15 is 0 Å². The van der Waals surface area contributed by atoms with Crippen molar-refractivity contribution in [2.24, 2.45) is 0 Å². The molecule has 1 aromatic heterocycles. The number of rotatable bonds is 5. The van der Waals surface area contributed by atoms with Gasteiger partial charge in [-0.25, -0.2) is 12.4 Å². The lowest BCUT2D eigenvalue weighted by Crippen LogP contribution is -2.42. The molecule has 0 saturated carbocycles. The lowest BCUT2D eigenvalue weighted by atomic mass is 10.1. The number of aryl methyl sites for hydroxylation is 1. The van der Waals surface area contributed by atoms with Crippen LogP contribution in [0.4, 0.5) is 13.2 Å². The first-order chi connectivity index (χ1) is 16.2. The van der Waals surface area contributed by atoms with Crippen molar-refractivity contribution in [3.8, 4) is 0 Å². The number of carbonyl (C=O) groups is 1. The highest BCUT2D eigenvalue weighted by molar-refractivity contribution is 7.90. The van der Waals surface area contributed by atoms with E-state index in [4.69, 9.17) is 0 Å². The van der Waals surface area contributed by atoms with E-state index in [1.807, 2.05) is 26.6 Å². The minimum Gasteiger partial charge on any atom is -0.287 e. The van der Waals surface area contributed by atoms with Crippen molar-refractivity contribution in [2.45, 2.75) is 37.6 Å². The van der Waals surface area contributed by atoms with Gasteiger partial charge >= 0.3 is 6.18 Å². The molecule has 4 nitrogen and oxygen atoms in total. The Kier molecular flexibility index (Phi) is 6.05. The Hall–Kier alpha value is -3.17. The molecule has 4 rings (SSSR count). The van der Waals surface area contributed by atoms with Crippen molar-refractivity contribution in [3.05, 3.63) is 95.2 Å². The SMILES string of the molecule is Cc1ccc(C(=O)c2c([Si](C)(C)C)c3cc(C(F)(F)F)ccc3n2S(=O)(=O)c2ccccc2)cc1. The molecule has 0 aliphatic carbocycles. The number of ketones is 1. The number of hydrogen-bond acceptors (Lipinski definition) is 3. The molecule has 9 heteroatoms. The fourth-order valence-electron chi connectivity index (χ4n) is 4.19. The lowest BCUT2D eigenvalue weighted by Gasteiger charge is -2.19. The molecule has 0 saturated heterocycles. The number of aromatic nitrogens is 1. The van der Waals surface area contributed by atoms with Gasteiger partial charge in [0, 0.05) is 10.9 Å². The van der Waals surface area contributed by atoms with Crippen LogP contribution < -0.4 is 5.19 Å². The maximum Gasteiger partial charge on any atom is 0.416 e. The van der Waals surface area contributed by atoms with E-state index in [9.17, 15) is 26.4 Å². The van der Waals surface area contributed by atoms with Crippen molar-refractivity contribution in [1.29, 1.82) is 0 Å². The van der Waals surface area contributed by atoms with E-state index in [1.54, 1.807) is 42.5 Å². The van der Waals surface area contributed by atoms with Gasteiger partial charge in [0.1, 0.15) is 5.69 Å². The molecular formula is C26H24F3NO3SSi. The van der Waals surface area contributed by atoms with Gasteiger partial charge in [0.2, 0.25) is 5.78 Å². The summed E-state index contributed by atoms with van der Waals surface area (Å²) in [6.07, 6.45) is -4.62. The molecule has 35 heavy (non-hydrogen) atoms. The quantitative estimate of drug-likeness (QED) is 0.243. The molecule has 0 aliphatic heterocycles. The number of carbonyl (C=O) groups excluding carboxylic acids is 1. The van der Waals surface area contributed by atoms with E-state index in [0.717, 1.165) is 27.7 Å². The van der Waals surface area contributed by atoms with Gasteiger partial charge in [-0.05, 0) is 42.4 Å². The summed E-state index contributed by atoms with van der Waals surface area (Å²) in [7, 11) is -6.87. The summed E-state index contributed by atoms with van der Waals surface area (Å²) in [6, 6.07) is 17.2. The number of fused-ring (bicyclic) bond motifs is 1. The molecule has 0 N–H and O–H groups in total. The molecule has 0 spiro atoms. The summed E-state index contributed by atoms with van der Waals surface area (Å²) in [5.74, 6) is -0.549. The molecule has 0 atom stereocenters. The highest BCUT2D eigenvalue weighted by atomic mass is 32.2. The second-order valence-electron chi connectivity index (χ2n) is 9.48. The summed E-state index contributed by atoms with van der Waals surface area (Å²) in [4.78, 5) is 13.8. The Balaban J connectivity index is 2.19. The second kappa shape index (κ2) is 8.49. The largest absolute Gasteiger partial charge is 0.416 e. The van der Waals surface area contributed by atoms with Crippen LogP contribution in [0, 0.1) is 6.92 Å². The van der Waals surface area contributed by atoms with Crippen LogP contribution in [0.2, 0.25) is 19.6 Å². The van der Waals surface area contributed by atoms with Crippen LogP contribution in [0.5, 0.6) is 0 Å². The minimum absolute atomic E-state index is 0.0507. The number of hydrogen-bond donors (Lipinski definition) is 0. The maximum absolute atomic E-state index is 13.9. The maximum atomic E-state index is 13.9. The lowest BCUT2D eigenvalue weighted by molar-refractivity contribution is -0.137. The molecule has 0 fully saturated rings. The number of benzene rings is 3. The first-order valence-electron chi connectivity index (χ1n) is 10.9. The third kappa shape index (κ3) is 4.46. The number of nitrogens with zero attached hydrogens (tertiary/aromatic N) is 1. The highest BCUT2D eigenvalue weighted by Crippen LogP contribution is 2.35. The predicted octanol–water partition coefficient (Wildman–Crippen LogP) is 5.98. The zero-order valence-corrected chi connectivity index (χ0v) is 21.5.